The van der Waals surface area contributed by atoms with Crippen molar-refractivity contribution in [3.8, 4) is 11.1 Å². The SMILES string of the molecule is Cc1c(Nc2nc3ccccc3s2)nnc2c1CCCN2c1ccc(-c2cnn(CC34CC5CC(C)(CC(OCCN6CCCC6)CC5(C)C3)C4)c2C)c(C(=O)N2CCCC2)n1. The number of pyridine rings is 1. The minimum Gasteiger partial charge on any atom is -0.377 e. The molecule has 3 bridgehead atoms. The van der Waals surface area contributed by atoms with Crippen molar-refractivity contribution in [1.29, 1.82) is 0 Å². The van der Waals surface area contributed by atoms with Crippen molar-refractivity contribution in [2.24, 2.45) is 22.2 Å². The van der Waals surface area contributed by atoms with Crippen molar-refractivity contribution in [2.45, 2.75) is 117 Å². The summed E-state index contributed by atoms with van der Waals surface area (Å²) < 4.78 is 10.1. The zero-order chi connectivity index (χ0) is 42.2. The molecule has 7 heterocycles. The van der Waals surface area contributed by atoms with Gasteiger partial charge in [-0.1, -0.05) is 37.3 Å². The Balaban J connectivity index is 0.859. The van der Waals surface area contributed by atoms with Crippen LogP contribution in [0.15, 0.2) is 42.6 Å². The molecule has 5 unspecified atom stereocenters. The highest BCUT2D eigenvalue weighted by Crippen LogP contribution is 2.69. The van der Waals surface area contributed by atoms with Crippen LogP contribution in [0.25, 0.3) is 21.3 Å². The van der Waals surface area contributed by atoms with Crippen molar-refractivity contribution in [1.82, 2.24) is 39.7 Å². The summed E-state index contributed by atoms with van der Waals surface area (Å²) >= 11 is 1.61. The van der Waals surface area contributed by atoms with Gasteiger partial charge in [-0.2, -0.15) is 5.10 Å². The van der Waals surface area contributed by atoms with Crippen molar-refractivity contribution in [3.63, 3.8) is 0 Å². The van der Waals surface area contributed by atoms with Crippen LogP contribution in [0.3, 0.4) is 0 Å². The molecule has 3 aliphatic heterocycles. The van der Waals surface area contributed by atoms with Crippen molar-refractivity contribution >= 4 is 50.0 Å². The smallest absolute Gasteiger partial charge is 0.273 e. The van der Waals surface area contributed by atoms with Crippen LogP contribution in [0.4, 0.5) is 22.6 Å². The van der Waals surface area contributed by atoms with Gasteiger partial charge < -0.3 is 24.8 Å². The second-order valence-electron chi connectivity index (χ2n) is 20.6. The molecule has 3 saturated carbocycles. The lowest BCUT2D eigenvalue weighted by molar-refractivity contribution is -0.0309. The molecule has 4 aromatic heterocycles. The first-order valence-electron chi connectivity index (χ1n) is 23.5. The molecule has 0 radical (unpaired) electrons. The van der Waals surface area contributed by atoms with Crippen LogP contribution in [0.5, 0.6) is 0 Å². The van der Waals surface area contributed by atoms with E-state index < -0.39 is 0 Å². The number of ether oxygens (including phenoxy) is 1. The van der Waals surface area contributed by atoms with E-state index in [1.165, 1.54) is 64.5 Å². The van der Waals surface area contributed by atoms with Gasteiger partial charge in [0.1, 0.15) is 11.5 Å². The molecule has 0 spiro atoms. The monoisotopic (exact) mass is 854 g/mol. The van der Waals surface area contributed by atoms with E-state index in [-0.39, 0.29) is 22.2 Å². The Bertz CT molecular complexity index is 2470. The molecule has 11 rings (SSSR count). The number of rotatable bonds is 11. The first-order valence-corrected chi connectivity index (χ1v) is 24.3. The van der Waals surface area contributed by atoms with E-state index in [0.29, 0.717) is 11.8 Å². The fourth-order valence-corrected chi connectivity index (χ4v) is 14.1. The highest BCUT2D eigenvalue weighted by atomic mass is 32.1. The van der Waals surface area contributed by atoms with E-state index in [2.05, 4.69) is 65.7 Å². The van der Waals surface area contributed by atoms with Crippen LogP contribution >= 0.6 is 11.3 Å². The number of carbonyl (C=O) groups is 1. The molecule has 5 fully saturated rings. The lowest BCUT2D eigenvalue weighted by Crippen LogP contribution is -2.39. The highest BCUT2D eigenvalue weighted by Gasteiger charge is 2.62. The Hall–Kier alpha value is -4.46. The lowest BCUT2D eigenvalue weighted by atomic mass is 9.62. The third-order valence-corrected chi connectivity index (χ3v) is 16.8. The number of likely N-dealkylation sites (tertiary alicyclic amines) is 2. The van der Waals surface area contributed by atoms with Gasteiger partial charge in [0.25, 0.3) is 5.91 Å². The number of carbonyl (C=O) groups excluding carboxylic acids is 1. The Morgan fingerprint density at radius 2 is 1.71 bits per heavy atom. The molecule has 3 aliphatic carbocycles. The van der Waals surface area contributed by atoms with Gasteiger partial charge in [-0.05, 0) is 150 Å². The van der Waals surface area contributed by atoms with Crippen LogP contribution < -0.4 is 10.2 Å². The molecular weight excluding hydrogens is 793 g/mol. The standard InChI is InChI=1S/C49H62N10O2S/c1-32-36-12-11-21-58(44(36)55-54-43(32)53-46-51-39-13-5-6-14-40(39)62-46)41-16-15-37(42(52-41)45(60)57-19-9-10-20-57)38-28-50-59(33(38)2)31-49-25-34-24-47(3,29-49)26-35(27-48(34,4)30-49)61-23-22-56-17-7-8-18-56/h5-6,13-16,28,34-35H,7-12,17-27,29-31H2,1-4H3,(H,51,53,54). The van der Waals surface area contributed by atoms with Gasteiger partial charge in [-0.15, -0.1) is 10.2 Å². The number of benzene rings is 1. The van der Waals surface area contributed by atoms with E-state index in [0.717, 1.165) is 132 Å². The number of aromatic nitrogens is 6. The summed E-state index contributed by atoms with van der Waals surface area (Å²) in [5, 5.41) is 18.9. The third-order valence-electron chi connectivity index (χ3n) is 15.9. The second kappa shape index (κ2) is 15.7. The molecule has 326 valence electrons. The molecule has 2 saturated heterocycles. The van der Waals surface area contributed by atoms with Gasteiger partial charge in [0.05, 0.1) is 29.1 Å². The van der Waals surface area contributed by atoms with Crippen LogP contribution in [0.2, 0.25) is 0 Å². The molecule has 5 atom stereocenters. The maximum Gasteiger partial charge on any atom is 0.273 e. The molecule has 1 N–H and O–H groups in total. The normalized spacial score (nSPS) is 28.3. The molecule has 6 aliphatic rings. The molecule has 13 heteroatoms. The van der Waals surface area contributed by atoms with E-state index in [9.17, 15) is 4.79 Å². The topological polar surface area (TPSA) is 117 Å². The Morgan fingerprint density at radius 1 is 0.887 bits per heavy atom. The predicted molar refractivity (Wildman–Crippen MR) is 246 cm³/mol. The van der Waals surface area contributed by atoms with Crippen molar-refractivity contribution < 1.29 is 9.53 Å². The van der Waals surface area contributed by atoms with E-state index in [4.69, 9.17) is 30.0 Å². The Kier molecular flexibility index (Phi) is 10.2. The number of nitrogens with one attached hydrogen (secondary N) is 1. The maximum absolute atomic E-state index is 14.5. The van der Waals surface area contributed by atoms with Crippen molar-refractivity contribution in [2.75, 3.05) is 56.1 Å². The number of hydrogen-bond acceptors (Lipinski definition) is 11. The van der Waals surface area contributed by atoms with Gasteiger partial charge in [-0.3, -0.25) is 9.48 Å². The number of hydrogen-bond donors (Lipinski definition) is 1. The van der Waals surface area contributed by atoms with E-state index in [1.54, 1.807) is 11.3 Å². The van der Waals surface area contributed by atoms with Gasteiger partial charge in [0.2, 0.25) is 0 Å². The van der Waals surface area contributed by atoms with E-state index in [1.807, 2.05) is 29.3 Å². The van der Waals surface area contributed by atoms with Crippen LogP contribution in [0, 0.1) is 36.0 Å². The fourth-order valence-electron chi connectivity index (χ4n) is 13.2. The molecular formula is C49H62N10O2S. The zero-order valence-corrected chi connectivity index (χ0v) is 37.9. The summed E-state index contributed by atoms with van der Waals surface area (Å²) in [5.41, 5.74) is 7.42. The summed E-state index contributed by atoms with van der Waals surface area (Å²) in [6, 6.07) is 12.3. The zero-order valence-electron chi connectivity index (χ0n) is 37.1. The summed E-state index contributed by atoms with van der Waals surface area (Å²) in [4.78, 5) is 31.2. The first kappa shape index (κ1) is 40.3. The summed E-state index contributed by atoms with van der Waals surface area (Å²) in [6.07, 6.45) is 16.3. The van der Waals surface area contributed by atoms with Crippen molar-refractivity contribution in [3.05, 3.63) is 65.1 Å². The summed E-state index contributed by atoms with van der Waals surface area (Å²) in [5.74, 6) is 2.98. The van der Waals surface area contributed by atoms with Crippen LogP contribution in [0.1, 0.15) is 112 Å². The highest BCUT2D eigenvalue weighted by molar-refractivity contribution is 7.22. The minimum absolute atomic E-state index is 0.00299. The van der Waals surface area contributed by atoms with Crippen LogP contribution in [-0.2, 0) is 17.7 Å². The van der Waals surface area contributed by atoms with Crippen LogP contribution in [-0.4, -0.2) is 97.6 Å². The number of nitrogens with zero attached hydrogens (tertiary/aromatic N) is 9. The largest absolute Gasteiger partial charge is 0.377 e. The van der Waals surface area contributed by atoms with Gasteiger partial charge >= 0.3 is 0 Å². The number of para-hydroxylation sites is 1. The molecule has 12 nitrogen and oxygen atoms in total. The molecule has 5 aromatic rings. The maximum atomic E-state index is 14.5. The van der Waals surface area contributed by atoms with Gasteiger partial charge in [0.15, 0.2) is 16.8 Å². The quantitative estimate of drug-likeness (QED) is 0.138. The first-order chi connectivity index (χ1) is 30.0. The molecule has 1 aromatic carbocycles. The fraction of sp³-hybridized carbons (Fsp3) is 0.592. The number of anilines is 4. The Morgan fingerprint density at radius 3 is 2.55 bits per heavy atom. The predicted octanol–water partition coefficient (Wildman–Crippen LogP) is 9.50. The number of thiazole rings is 1. The molecule has 62 heavy (non-hydrogen) atoms. The average Bonchev–Trinajstić information content (AvgIpc) is 4.11. The van der Waals surface area contributed by atoms with E-state index >= 15 is 0 Å². The van der Waals surface area contributed by atoms with Gasteiger partial charge in [-0.25, -0.2) is 9.97 Å². The van der Waals surface area contributed by atoms with Gasteiger partial charge in [0, 0.05) is 60.7 Å². The summed E-state index contributed by atoms with van der Waals surface area (Å²) in [6.45, 7) is 17.0. The average molecular weight is 855 g/mol. The lowest BCUT2D eigenvalue weighted by Gasteiger charge is -2.45. The minimum atomic E-state index is -0.00299. The molecule has 1 amide bonds. The number of amides is 1. The summed E-state index contributed by atoms with van der Waals surface area (Å²) in [7, 11) is 0. The number of fused-ring (bicyclic) bond motifs is 4. The second-order valence-corrected chi connectivity index (χ2v) is 21.6. The Labute approximate surface area is 369 Å². The third kappa shape index (κ3) is 7.29.